The Morgan fingerprint density at radius 1 is 1.32 bits per heavy atom. The highest BCUT2D eigenvalue weighted by molar-refractivity contribution is 5.91. The molecule has 0 heterocycles. The van der Waals surface area contributed by atoms with E-state index in [9.17, 15) is 9.90 Å². The van der Waals surface area contributed by atoms with E-state index in [1.165, 1.54) is 45.3 Å². The molecule has 0 atom stereocenters. The first kappa shape index (κ1) is 13.7. The van der Waals surface area contributed by atoms with Crippen LogP contribution in [0.1, 0.15) is 42.5 Å². The molecule has 0 spiro atoms. The van der Waals surface area contributed by atoms with Crippen molar-refractivity contribution in [3.63, 3.8) is 0 Å². The van der Waals surface area contributed by atoms with E-state index < -0.39 is 5.97 Å². The fraction of sp³-hybridized carbons (Fsp3) is 0.533. The topological polar surface area (TPSA) is 55.8 Å². The van der Waals surface area contributed by atoms with E-state index in [4.69, 9.17) is 9.47 Å². The van der Waals surface area contributed by atoms with Gasteiger partial charge in [0.2, 0.25) is 0 Å². The van der Waals surface area contributed by atoms with E-state index in [0.717, 1.165) is 0 Å². The van der Waals surface area contributed by atoms with Crippen molar-refractivity contribution in [2.45, 2.75) is 32.1 Å². The Kier molecular flexibility index (Phi) is 4.66. The molecule has 1 N–H and O–H groups in total. The maximum absolute atomic E-state index is 11.2. The lowest BCUT2D eigenvalue weighted by Crippen LogP contribution is -2.16. The predicted molar refractivity (Wildman–Crippen MR) is 72.0 cm³/mol. The van der Waals surface area contributed by atoms with Gasteiger partial charge in [0.15, 0.2) is 0 Å². The molecular formula is C15H20O4. The molecule has 0 amide bonds. The molecule has 1 saturated carbocycles. The van der Waals surface area contributed by atoms with Gasteiger partial charge in [-0.1, -0.05) is 19.3 Å². The van der Waals surface area contributed by atoms with Crippen LogP contribution in [-0.4, -0.2) is 24.8 Å². The van der Waals surface area contributed by atoms with E-state index in [1.807, 2.05) is 0 Å². The summed E-state index contributed by atoms with van der Waals surface area (Å²) in [6.07, 6.45) is 6.17. The third-order valence-corrected chi connectivity index (χ3v) is 3.62. The third kappa shape index (κ3) is 3.63. The van der Waals surface area contributed by atoms with Gasteiger partial charge in [-0.25, -0.2) is 4.79 Å². The molecule has 1 fully saturated rings. The van der Waals surface area contributed by atoms with Gasteiger partial charge < -0.3 is 14.6 Å². The highest BCUT2D eigenvalue weighted by atomic mass is 16.5. The normalized spacial score (nSPS) is 16.1. The summed E-state index contributed by atoms with van der Waals surface area (Å²) in [7, 11) is 1.52. The van der Waals surface area contributed by atoms with Gasteiger partial charge in [0.05, 0.1) is 13.7 Å². The van der Waals surface area contributed by atoms with E-state index in [1.54, 1.807) is 12.1 Å². The second-order valence-electron chi connectivity index (χ2n) is 4.98. The van der Waals surface area contributed by atoms with Gasteiger partial charge in [0.1, 0.15) is 17.1 Å². The molecule has 0 aliphatic heterocycles. The Bertz CT molecular complexity index is 436. The Morgan fingerprint density at radius 2 is 2.05 bits per heavy atom. The number of carbonyl (C=O) groups is 1. The Balaban J connectivity index is 2.04. The SMILES string of the molecule is COc1ccc(OCC2CCCCC2)c(C(=O)O)c1. The number of carboxylic acids is 1. The van der Waals surface area contributed by atoms with Crippen molar-refractivity contribution in [2.75, 3.05) is 13.7 Å². The van der Waals surface area contributed by atoms with Crippen LogP contribution < -0.4 is 9.47 Å². The highest BCUT2D eigenvalue weighted by Gasteiger charge is 2.17. The molecule has 1 aromatic rings. The molecular weight excluding hydrogens is 244 g/mol. The molecule has 104 valence electrons. The van der Waals surface area contributed by atoms with Gasteiger partial charge in [-0.15, -0.1) is 0 Å². The summed E-state index contributed by atoms with van der Waals surface area (Å²) in [6, 6.07) is 4.90. The maximum atomic E-state index is 11.2. The van der Waals surface area contributed by atoms with Gasteiger partial charge in [-0.2, -0.15) is 0 Å². The molecule has 1 aliphatic carbocycles. The van der Waals surface area contributed by atoms with E-state index >= 15 is 0 Å². The molecule has 4 nitrogen and oxygen atoms in total. The molecule has 0 radical (unpaired) electrons. The second kappa shape index (κ2) is 6.45. The first-order valence-electron chi connectivity index (χ1n) is 6.75. The molecule has 2 rings (SSSR count). The zero-order valence-electron chi connectivity index (χ0n) is 11.2. The first-order valence-corrected chi connectivity index (χ1v) is 6.75. The molecule has 0 aromatic heterocycles. The van der Waals surface area contributed by atoms with Crippen molar-refractivity contribution in [3.8, 4) is 11.5 Å². The van der Waals surface area contributed by atoms with Crippen LogP contribution in [0.15, 0.2) is 18.2 Å². The summed E-state index contributed by atoms with van der Waals surface area (Å²) >= 11 is 0. The van der Waals surface area contributed by atoms with Crippen LogP contribution in [0.25, 0.3) is 0 Å². The largest absolute Gasteiger partial charge is 0.497 e. The van der Waals surface area contributed by atoms with Crippen molar-refractivity contribution >= 4 is 5.97 Å². The molecule has 19 heavy (non-hydrogen) atoms. The van der Waals surface area contributed by atoms with Crippen LogP contribution in [0, 0.1) is 5.92 Å². The lowest BCUT2D eigenvalue weighted by Gasteiger charge is -2.22. The minimum atomic E-state index is -0.988. The van der Waals surface area contributed by atoms with Gasteiger partial charge in [-0.3, -0.25) is 0 Å². The Hall–Kier alpha value is -1.71. The minimum Gasteiger partial charge on any atom is -0.497 e. The number of hydrogen-bond acceptors (Lipinski definition) is 3. The molecule has 4 heteroatoms. The van der Waals surface area contributed by atoms with Crippen LogP contribution in [0.3, 0.4) is 0 Å². The van der Waals surface area contributed by atoms with Crippen LogP contribution >= 0.6 is 0 Å². The highest BCUT2D eigenvalue weighted by Crippen LogP contribution is 2.28. The predicted octanol–water partition coefficient (Wildman–Crippen LogP) is 3.35. The maximum Gasteiger partial charge on any atom is 0.339 e. The summed E-state index contributed by atoms with van der Waals surface area (Å²) in [5.74, 6) is 0.524. The van der Waals surface area contributed by atoms with E-state index in [2.05, 4.69) is 0 Å². The van der Waals surface area contributed by atoms with Gasteiger partial charge in [0, 0.05) is 0 Å². The van der Waals surface area contributed by atoms with Crippen molar-refractivity contribution in [2.24, 2.45) is 5.92 Å². The average molecular weight is 264 g/mol. The summed E-state index contributed by atoms with van der Waals surface area (Å²) in [5, 5.41) is 9.19. The summed E-state index contributed by atoms with van der Waals surface area (Å²) in [5.41, 5.74) is 0.162. The lowest BCUT2D eigenvalue weighted by molar-refractivity contribution is 0.0690. The fourth-order valence-corrected chi connectivity index (χ4v) is 2.49. The Morgan fingerprint density at radius 3 is 2.68 bits per heavy atom. The molecule has 0 unspecified atom stereocenters. The molecule has 1 aliphatic rings. The quantitative estimate of drug-likeness (QED) is 0.886. The third-order valence-electron chi connectivity index (χ3n) is 3.62. The molecule has 0 bridgehead atoms. The van der Waals surface area contributed by atoms with Gasteiger partial charge in [0.25, 0.3) is 0 Å². The number of aromatic carboxylic acids is 1. The van der Waals surface area contributed by atoms with Crippen LogP contribution in [0.4, 0.5) is 0 Å². The molecule has 1 aromatic carbocycles. The Labute approximate surface area is 113 Å². The lowest BCUT2D eigenvalue weighted by atomic mass is 9.90. The summed E-state index contributed by atoms with van der Waals surface area (Å²) in [4.78, 5) is 11.2. The van der Waals surface area contributed by atoms with Crippen molar-refractivity contribution in [1.29, 1.82) is 0 Å². The zero-order chi connectivity index (χ0) is 13.7. The number of methoxy groups -OCH3 is 1. The van der Waals surface area contributed by atoms with Crippen molar-refractivity contribution in [1.82, 2.24) is 0 Å². The number of ether oxygens (including phenoxy) is 2. The van der Waals surface area contributed by atoms with Crippen LogP contribution in [0.2, 0.25) is 0 Å². The van der Waals surface area contributed by atoms with Crippen LogP contribution in [-0.2, 0) is 0 Å². The monoisotopic (exact) mass is 264 g/mol. The van der Waals surface area contributed by atoms with E-state index in [0.29, 0.717) is 24.0 Å². The van der Waals surface area contributed by atoms with Crippen molar-refractivity contribution < 1.29 is 19.4 Å². The standard InChI is InChI=1S/C15H20O4/c1-18-12-7-8-14(13(9-12)15(16)17)19-10-11-5-3-2-4-6-11/h7-9,11H,2-6,10H2,1H3,(H,16,17). The fourth-order valence-electron chi connectivity index (χ4n) is 2.49. The average Bonchev–Trinajstić information content (AvgIpc) is 2.46. The first-order chi connectivity index (χ1) is 9.20. The summed E-state index contributed by atoms with van der Waals surface area (Å²) < 4.78 is 10.7. The van der Waals surface area contributed by atoms with Gasteiger partial charge in [-0.05, 0) is 37.0 Å². The van der Waals surface area contributed by atoms with E-state index in [-0.39, 0.29) is 5.56 Å². The van der Waals surface area contributed by atoms with Crippen molar-refractivity contribution in [3.05, 3.63) is 23.8 Å². The minimum absolute atomic E-state index is 0.162. The van der Waals surface area contributed by atoms with Crippen LogP contribution in [0.5, 0.6) is 11.5 Å². The number of benzene rings is 1. The number of rotatable bonds is 5. The molecule has 0 saturated heterocycles. The second-order valence-corrected chi connectivity index (χ2v) is 4.98. The number of hydrogen-bond donors (Lipinski definition) is 1. The number of carboxylic acid groups (broad SMARTS) is 1. The summed E-state index contributed by atoms with van der Waals surface area (Å²) in [6.45, 7) is 0.604. The smallest absolute Gasteiger partial charge is 0.339 e. The zero-order valence-corrected chi connectivity index (χ0v) is 11.2. The van der Waals surface area contributed by atoms with Gasteiger partial charge >= 0.3 is 5.97 Å².